The number of hydrogen-bond donors (Lipinski definition) is 1. The van der Waals surface area contributed by atoms with Crippen molar-refractivity contribution in [2.24, 2.45) is 0 Å². The first-order valence-corrected chi connectivity index (χ1v) is 5.53. The molecular weight excluding hydrogens is 248 g/mol. The number of amides is 1. The van der Waals surface area contributed by atoms with Gasteiger partial charge < -0.3 is 10.0 Å². The number of anilines is 1. The first kappa shape index (κ1) is 12.7. The van der Waals surface area contributed by atoms with Gasteiger partial charge in [0, 0.05) is 12.7 Å². The number of aromatic carboxylic acids is 1. The zero-order valence-corrected chi connectivity index (χ0v) is 10.2. The van der Waals surface area contributed by atoms with Crippen LogP contribution in [0.2, 0.25) is 0 Å². The highest BCUT2D eigenvalue weighted by Crippen LogP contribution is 2.11. The van der Waals surface area contributed by atoms with E-state index in [9.17, 15) is 9.59 Å². The molecule has 0 aliphatic rings. The number of hydrogen-bond acceptors (Lipinski definition) is 4. The highest BCUT2D eigenvalue weighted by atomic mass is 16.4. The van der Waals surface area contributed by atoms with Crippen molar-refractivity contribution in [2.45, 2.75) is 6.54 Å². The molecule has 98 valence electrons. The van der Waals surface area contributed by atoms with Gasteiger partial charge in [0.2, 0.25) is 5.91 Å². The summed E-state index contributed by atoms with van der Waals surface area (Å²) in [7, 11) is 1.65. The lowest BCUT2D eigenvalue weighted by atomic mass is 10.3. The molecule has 0 saturated carbocycles. The van der Waals surface area contributed by atoms with Crippen LogP contribution in [0.15, 0.2) is 36.5 Å². The van der Waals surface area contributed by atoms with Crippen LogP contribution in [0.1, 0.15) is 10.5 Å². The van der Waals surface area contributed by atoms with Gasteiger partial charge >= 0.3 is 5.97 Å². The zero-order valence-electron chi connectivity index (χ0n) is 10.2. The average Bonchev–Trinajstić information content (AvgIpc) is 2.87. The number of carbonyl (C=O) groups excluding carboxylic acids is 1. The van der Waals surface area contributed by atoms with Gasteiger partial charge in [0.15, 0.2) is 5.69 Å². The number of rotatable bonds is 4. The maximum absolute atomic E-state index is 12.0. The first-order valence-electron chi connectivity index (χ1n) is 5.53. The summed E-state index contributed by atoms with van der Waals surface area (Å²) in [4.78, 5) is 24.1. The second-order valence-electron chi connectivity index (χ2n) is 3.89. The number of carboxylic acids is 1. The molecule has 2 aromatic rings. The van der Waals surface area contributed by atoms with E-state index in [1.165, 1.54) is 15.8 Å². The monoisotopic (exact) mass is 260 g/mol. The van der Waals surface area contributed by atoms with E-state index >= 15 is 0 Å². The predicted molar refractivity (Wildman–Crippen MR) is 66.8 cm³/mol. The Bertz CT molecular complexity index is 594. The molecule has 1 aromatic heterocycles. The zero-order chi connectivity index (χ0) is 13.8. The fraction of sp³-hybridized carbons (Fsp3) is 0.167. The maximum atomic E-state index is 12.0. The molecule has 0 aliphatic heterocycles. The number of nitrogens with zero attached hydrogens (tertiary/aromatic N) is 4. The third-order valence-electron chi connectivity index (χ3n) is 2.57. The normalized spacial score (nSPS) is 10.2. The SMILES string of the molecule is CN(C(=O)Cn1cc(C(=O)O)nn1)c1ccccc1. The van der Waals surface area contributed by atoms with E-state index in [1.807, 2.05) is 30.3 Å². The lowest BCUT2D eigenvalue weighted by molar-refractivity contribution is -0.119. The molecule has 19 heavy (non-hydrogen) atoms. The molecule has 0 spiro atoms. The molecule has 1 N–H and O–H groups in total. The van der Waals surface area contributed by atoms with Crippen LogP contribution in [0.4, 0.5) is 5.69 Å². The molecule has 0 bridgehead atoms. The first-order chi connectivity index (χ1) is 9.08. The van der Waals surface area contributed by atoms with Gasteiger partial charge in [0.1, 0.15) is 6.54 Å². The molecule has 0 aliphatic carbocycles. The highest BCUT2D eigenvalue weighted by molar-refractivity contribution is 5.92. The number of aromatic nitrogens is 3. The molecule has 0 fully saturated rings. The maximum Gasteiger partial charge on any atom is 0.358 e. The Morgan fingerprint density at radius 2 is 2.00 bits per heavy atom. The Morgan fingerprint density at radius 3 is 2.58 bits per heavy atom. The summed E-state index contributed by atoms with van der Waals surface area (Å²) in [5, 5.41) is 15.7. The molecule has 0 saturated heterocycles. The molecule has 7 heteroatoms. The van der Waals surface area contributed by atoms with Crippen molar-refractivity contribution in [1.29, 1.82) is 0 Å². The van der Waals surface area contributed by atoms with Crippen molar-refractivity contribution in [3.63, 3.8) is 0 Å². The van der Waals surface area contributed by atoms with Gasteiger partial charge in [0.25, 0.3) is 0 Å². The molecule has 2 rings (SSSR count). The van der Waals surface area contributed by atoms with Crippen LogP contribution in [0.25, 0.3) is 0 Å². The van der Waals surface area contributed by atoms with E-state index in [4.69, 9.17) is 5.11 Å². The number of likely N-dealkylation sites (N-methyl/N-ethyl adjacent to an activating group) is 1. The minimum absolute atomic E-state index is 0.0638. The third kappa shape index (κ3) is 2.95. The van der Waals surface area contributed by atoms with Gasteiger partial charge in [-0.15, -0.1) is 5.10 Å². The Hall–Kier alpha value is -2.70. The summed E-state index contributed by atoms with van der Waals surface area (Å²) in [6.07, 6.45) is 1.22. The van der Waals surface area contributed by atoms with Crippen LogP contribution >= 0.6 is 0 Å². The smallest absolute Gasteiger partial charge is 0.358 e. The van der Waals surface area contributed by atoms with E-state index in [0.29, 0.717) is 0 Å². The summed E-state index contributed by atoms with van der Waals surface area (Å²) in [6, 6.07) is 9.14. The van der Waals surface area contributed by atoms with Crippen molar-refractivity contribution >= 4 is 17.6 Å². The van der Waals surface area contributed by atoms with Crippen molar-refractivity contribution in [3.8, 4) is 0 Å². The van der Waals surface area contributed by atoms with Crippen molar-refractivity contribution in [1.82, 2.24) is 15.0 Å². The Morgan fingerprint density at radius 1 is 1.32 bits per heavy atom. The summed E-state index contributed by atoms with van der Waals surface area (Å²) in [6.45, 7) is -0.0638. The van der Waals surface area contributed by atoms with E-state index < -0.39 is 5.97 Å². The third-order valence-corrected chi connectivity index (χ3v) is 2.57. The van der Waals surface area contributed by atoms with Crippen molar-refractivity contribution in [3.05, 3.63) is 42.2 Å². The molecule has 1 aromatic carbocycles. The number of para-hydroxylation sites is 1. The number of benzene rings is 1. The highest BCUT2D eigenvalue weighted by Gasteiger charge is 2.14. The second-order valence-corrected chi connectivity index (χ2v) is 3.89. The molecule has 0 unspecified atom stereocenters. The quantitative estimate of drug-likeness (QED) is 0.871. The van der Waals surface area contributed by atoms with Crippen LogP contribution < -0.4 is 4.90 Å². The summed E-state index contributed by atoms with van der Waals surface area (Å²) in [5.74, 6) is -1.39. The fourth-order valence-corrected chi connectivity index (χ4v) is 1.51. The molecule has 7 nitrogen and oxygen atoms in total. The van der Waals surface area contributed by atoms with E-state index in [2.05, 4.69) is 10.3 Å². The largest absolute Gasteiger partial charge is 0.476 e. The van der Waals surface area contributed by atoms with Crippen LogP contribution in [-0.2, 0) is 11.3 Å². The molecule has 0 radical (unpaired) electrons. The Kier molecular flexibility index (Phi) is 3.56. The lowest BCUT2D eigenvalue weighted by Gasteiger charge is -2.16. The van der Waals surface area contributed by atoms with Crippen LogP contribution in [-0.4, -0.2) is 39.0 Å². The predicted octanol–water partition coefficient (Wildman–Crippen LogP) is 0.639. The van der Waals surface area contributed by atoms with E-state index in [1.54, 1.807) is 7.05 Å². The topological polar surface area (TPSA) is 88.3 Å². The summed E-state index contributed by atoms with van der Waals surface area (Å²) >= 11 is 0. The van der Waals surface area contributed by atoms with Crippen LogP contribution in [0, 0.1) is 0 Å². The molecular formula is C12H12N4O3. The Labute approximate surface area is 109 Å². The van der Waals surface area contributed by atoms with Gasteiger partial charge in [-0.1, -0.05) is 23.4 Å². The van der Waals surface area contributed by atoms with Crippen LogP contribution in [0.3, 0.4) is 0 Å². The number of carbonyl (C=O) groups is 2. The lowest BCUT2D eigenvalue weighted by Crippen LogP contribution is -2.30. The summed E-state index contributed by atoms with van der Waals surface area (Å²) < 4.78 is 1.20. The Balaban J connectivity index is 2.06. The van der Waals surface area contributed by atoms with Gasteiger partial charge in [-0.25, -0.2) is 9.48 Å². The van der Waals surface area contributed by atoms with Gasteiger partial charge in [-0.2, -0.15) is 0 Å². The minimum Gasteiger partial charge on any atom is -0.476 e. The average molecular weight is 260 g/mol. The van der Waals surface area contributed by atoms with Crippen molar-refractivity contribution < 1.29 is 14.7 Å². The minimum atomic E-state index is -1.17. The molecule has 1 heterocycles. The van der Waals surface area contributed by atoms with Gasteiger partial charge in [-0.3, -0.25) is 4.79 Å². The van der Waals surface area contributed by atoms with Gasteiger partial charge in [0.05, 0.1) is 6.20 Å². The molecule has 0 atom stereocenters. The molecule has 1 amide bonds. The number of carboxylic acid groups (broad SMARTS) is 1. The fourth-order valence-electron chi connectivity index (χ4n) is 1.51. The van der Waals surface area contributed by atoms with Crippen molar-refractivity contribution in [2.75, 3.05) is 11.9 Å². The second kappa shape index (κ2) is 5.30. The standard InChI is InChI=1S/C12H12N4O3/c1-15(9-5-3-2-4-6-9)11(17)8-16-7-10(12(18)19)13-14-16/h2-7H,8H2,1H3,(H,18,19). The van der Waals surface area contributed by atoms with Crippen LogP contribution in [0.5, 0.6) is 0 Å². The van der Waals surface area contributed by atoms with E-state index in [-0.39, 0.29) is 18.1 Å². The van der Waals surface area contributed by atoms with E-state index in [0.717, 1.165) is 5.69 Å². The summed E-state index contributed by atoms with van der Waals surface area (Å²) in [5.41, 5.74) is 0.571. The van der Waals surface area contributed by atoms with Gasteiger partial charge in [-0.05, 0) is 12.1 Å².